The lowest BCUT2D eigenvalue weighted by molar-refractivity contribution is -0.114. The number of hydrogen-bond acceptors (Lipinski definition) is 3. The van der Waals surface area contributed by atoms with Crippen molar-refractivity contribution in [2.24, 2.45) is 0 Å². The van der Waals surface area contributed by atoms with Crippen LogP contribution in [0.15, 0.2) is 23.6 Å². The number of carbonyl (C=O) groups excluding carboxylic acids is 1. The first-order chi connectivity index (χ1) is 6.68. The van der Waals surface area contributed by atoms with Crippen molar-refractivity contribution < 1.29 is 9.90 Å². The average molecular weight is 207 g/mol. The maximum Gasteiger partial charge on any atom is 0.221 e. The van der Waals surface area contributed by atoms with Gasteiger partial charge < -0.3 is 10.4 Å². The van der Waals surface area contributed by atoms with E-state index in [1.807, 2.05) is 17.5 Å². The summed E-state index contributed by atoms with van der Waals surface area (Å²) in [5, 5.41) is 15.0. The molecule has 1 heterocycles. The van der Waals surface area contributed by atoms with Crippen LogP contribution in [0.5, 0.6) is 5.75 Å². The third-order valence-electron chi connectivity index (χ3n) is 1.92. The Morgan fingerprint density at radius 2 is 2.21 bits per heavy atom. The van der Waals surface area contributed by atoms with E-state index in [-0.39, 0.29) is 11.7 Å². The van der Waals surface area contributed by atoms with Gasteiger partial charge in [-0.05, 0) is 23.6 Å². The minimum absolute atomic E-state index is 0.138. The van der Waals surface area contributed by atoms with Crippen molar-refractivity contribution in [1.82, 2.24) is 0 Å². The van der Waals surface area contributed by atoms with Gasteiger partial charge in [-0.25, -0.2) is 0 Å². The Kier molecular flexibility index (Phi) is 2.13. The summed E-state index contributed by atoms with van der Waals surface area (Å²) in [6.45, 7) is 1.41. The van der Waals surface area contributed by atoms with E-state index in [1.54, 1.807) is 17.4 Å². The van der Waals surface area contributed by atoms with Gasteiger partial charge in [0.1, 0.15) is 5.75 Å². The van der Waals surface area contributed by atoms with Gasteiger partial charge in [-0.2, -0.15) is 0 Å². The normalized spacial score (nSPS) is 10.4. The van der Waals surface area contributed by atoms with E-state index in [4.69, 9.17) is 0 Å². The molecule has 1 aromatic carbocycles. The van der Waals surface area contributed by atoms with Gasteiger partial charge >= 0.3 is 0 Å². The molecule has 2 rings (SSSR count). The second kappa shape index (κ2) is 3.31. The minimum Gasteiger partial charge on any atom is -0.505 e. The summed E-state index contributed by atoms with van der Waals surface area (Å²) in [6.07, 6.45) is 0. The van der Waals surface area contributed by atoms with Crippen molar-refractivity contribution in [1.29, 1.82) is 0 Å². The molecular formula is C10H9NO2S. The fourth-order valence-electron chi connectivity index (χ4n) is 1.32. The zero-order chi connectivity index (χ0) is 10.1. The standard InChI is InChI=1S/C10H9NO2S/c1-6(12)11-8-2-3-9-7(10(8)13)4-5-14-9/h2-5,13H,1H3,(H,11,12). The quantitative estimate of drug-likeness (QED) is 0.706. The second-order valence-corrected chi connectivity index (χ2v) is 3.92. The topological polar surface area (TPSA) is 49.3 Å². The summed E-state index contributed by atoms with van der Waals surface area (Å²) in [7, 11) is 0. The molecule has 0 bridgehead atoms. The van der Waals surface area contributed by atoms with Crippen molar-refractivity contribution >= 4 is 33.0 Å². The highest BCUT2D eigenvalue weighted by molar-refractivity contribution is 7.17. The number of nitrogens with one attached hydrogen (secondary N) is 1. The van der Waals surface area contributed by atoms with Crippen LogP contribution in [0.4, 0.5) is 5.69 Å². The minimum atomic E-state index is -0.185. The van der Waals surface area contributed by atoms with Gasteiger partial charge in [0, 0.05) is 17.0 Å². The molecular weight excluding hydrogens is 198 g/mol. The number of benzene rings is 1. The Labute approximate surface area is 85.0 Å². The number of fused-ring (bicyclic) bond motifs is 1. The fourth-order valence-corrected chi connectivity index (χ4v) is 2.11. The predicted molar refractivity (Wildman–Crippen MR) is 57.8 cm³/mol. The summed E-state index contributed by atoms with van der Waals surface area (Å²) in [4.78, 5) is 10.8. The van der Waals surface area contributed by atoms with E-state index in [0.717, 1.165) is 10.1 Å². The number of rotatable bonds is 1. The summed E-state index contributed by atoms with van der Waals surface area (Å²) in [6, 6.07) is 5.42. The van der Waals surface area contributed by atoms with Gasteiger partial charge in [0.2, 0.25) is 5.91 Å². The maximum absolute atomic E-state index is 10.8. The molecule has 14 heavy (non-hydrogen) atoms. The summed E-state index contributed by atoms with van der Waals surface area (Å²) < 4.78 is 1.01. The zero-order valence-corrected chi connectivity index (χ0v) is 8.39. The number of carbonyl (C=O) groups is 1. The van der Waals surface area contributed by atoms with E-state index in [1.165, 1.54) is 6.92 Å². The van der Waals surface area contributed by atoms with Crippen molar-refractivity contribution in [3.05, 3.63) is 23.6 Å². The molecule has 0 spiro atoms. The SMILES string of the molecule is CC(=O)Nc1ccc2sccc2c1O. The molecule has 72 valence electrons. The van der Waals surface area contributed by atoms with Gasteiger partial charge in [0.15, 0.2) is 0 Å². The van der Waals surface area contributed by atoms with Gasteiger partial charge in [0.25, 0.3) is 0 Å². The molecule has 2 aromatic rings. The molecule has 0 radical (unpaired) electrons. The second-order valence-electron chi connectivity index (χ2n) is 2.98. The fraction of sp³-hybridized carbons (Fsp3) is 0.100. The van der Waals surface area contributed by atoms with Crippen LogP contribution in [-0.4, -0.2) is 11.0 Å². The highest BCUT2D eigenvalue weighted by Gasteiger charge is 2.07. The number of anilines is 1. The van der Waals surface area contributed by atoms with Crippen LogP contribution in [0.1, 0.15) is 6.92 Å². The number of thiophene rings is 1. The number of amides is 1. The lowest BCUT2D eigenvalue weighted by atomic mass is 10.2. The first-order valence-electron chi connectivity index (χ1n) is 4.15. The van der Waals surface area contributed by atoms with Crippen LogP contribution in [-0.2, 0) is 4.79 Å². The zero-order valence-electron chi connectivity index (χ0n) is 7.57. The van der Waals surface area contributed by atoms with Crippen LogP contribution in [0.25, 0.3) is 10.1 Å². The number of phenolic OH excluding ortho intramolecular Hbond substituents is 1. The summed E-state index contributed by atoms with van der Waals surface area (Å²) in [5.74, 6) is -0.0474. The lowest BCUT2D eigenvalue weighted by Gasteiger charge is -2.05. The Bertz CT molecular complexity index is 490. The molecule has 0 saturated carbocycles. The molecule has 0 unspecified atom stereocenters. The Hall–Kier alpha value is -1.55. The summed E-state index contributed by atoms with van der Waals surface area (Å²) >= 11 is 1.56. The lowest BCUT2D eigenvalue weighted by Crippen LogP contribution is -2.05. The molecule has 1 aromatic heterocycles. The van der Waals surface area contributed by atoms with Crippen molar-refractivity contribution in [3.63, 3.8) is 0 Å². The first kappa shape index (κ1) is 9.02. The van der Waals surface area contributed by atoms with E-state index >= 15 is 0 Å². The molecule has 1 amide bonds. The number of phenols is 1. The molecule has 0 aliphatic heterocycles. The molecule has 2 N–H and O–H groups in total. The third-order valence-corrected chi connectivity index (χ3v) is 2.80. The van der Waals surface area contributed by atoms with Crippen molar-refractivity contribution in [3.8, 4) is 5.75 Å². The predicted octanol–water partition coefficient (Wildman–Crippen LogP) is 2.57. The van der Waals surface area contributed by atoms with Gasteiger partial charge in [-0.1, -0.05) is 0 Å². The Morgan fingerprint density at radius 3 is 2.93 bits per heavy atom. The van der Waals surface area contributed by atoms with Gasteiger partial charge in [-0.15, -0.1) is 11.3 Å². The molecule has 0 aliphatic carbocycles. The van der Waals surface area contributed by atoms with Crippen molar-refractivity contribution in [2.75, 3.05) is 5.32 Å². The molecule has 4 heteroatoms. The molecule has 0 saturated heterocycles. The Morgan fingerprint density at radius 1 is 1.43 bits per heavy atom. The maximum atomic E-state index is 10.8. The van der Waals surface area contributed by atoms with Crippen LogP contribution in [0.2, 0.25) is 0 Å². The van der Waals surface area contributed by atoms with Crippen LogP contribution in [0.3, 0.4) is 0 Å². The van der Waals surface area contributed by atoms with E-state index in [9.17, 15) is 9.90 Å². The monoisotopic (exact) mass is 207 g/mol. The molecule has 0 aliphatic rings. The van der Waals surface area contributed by atoms with Crippen molar-refractivity contribution in [2.45, 2.75) is 6.92 Å². The number of aromatic hydroxyl groups is 1. The van der Waals surface area contributed by atoms with E-state index in [0.29, 0.717) is 5.69 Å². The van der Waals surface area contributed by atoms with E-state index < -0.39 is 0 Å². The molecule has 3 nitrogen and oxygen atoms in total. The smallest absolute Gasteiger partial charge is 0.221 e. The average Bonchev–Trinajstić information content (AvgIpc) is 2.57. The summed E-state index contributed by atoms with van der Waals surface area (Å²) in [5.41, 5.74) is 0.461. The molecule has 0 atom stereocenters. The molecule has 0 fully saturated rings. The third kappa shape index (κ3) is 1.44. The largest absolute Gasteiger partial charge is 0.505 e. The van der Waals surface area contributed by atoms with Crippen LogP contribution >= 0.6 is 11.3 Å². The first-order valence-corrected chi connectivity index (χ1v) is 5.03. The van der Waals surface area contributed by atoms with Gasteiger partial charge in [-0.3, -0.25) is 4.79 Å². The Balaban J connectivity index is 2.56. The van der Waals surface area contributed by atoms with Crippen LogP contribution < -0.4 is 5.32 Å². The highest BCUT2D eigenvalue weighted by Crippen LogP contribution is 2.35. The van der Waals surface area contributed by atoms with Gasteiger partial charge in [0.05, 0.1) is 5.69 Å². The highest BCUT2D eigenvalue weighted by atomic mass is 32.1. The number of hydrogen-bond donors (Lipinski definition) is 2. The van der Waals surface area contributed by atoms with E-state index in [2.05, 4.69) is 5.32 Å². The van der Waals surface area contributed by atoms with Crippen LogP contribution in [0, 0.1) is 0 Å².